The van der Waals surface area contributed by atoms with Crippen LogP contribution in [0.25, 0.3) is 0 Å². The molecule has 2 heterocycles. The molecule has 0 saturated carbocycles. The van der Waals surface area contributed by atoms with Crippen LogP contribution in [0.4, 0.5) is 0 Å². The molecule has 5 nitrogen and oxygen atoms in total. The van der Waals surface area contributed by atoms with Crippen LogP contribution in [0.1, 0.15) is 46.5 Å². The number of amides is 1. The molecule has 0 aromatic rings. The quantitative estimate of drug-likeness (QED) is 0.830. The molecule has 0 aromatic carbocycles. The van der Waals surface area contributed by atoms with Crippen molar-refractivity contribution in [3.05, 3.63) is 0 Å². The molecule has 2 aliphatic rings. The molecule has 2 rings (SSSR count). The minimum atomic E-state index is -0.283. The van der Waals surface area contributed by atoms with Crippen molar-refractivity contribution in [1.29, 1.82) is 0 Å². The van der Waals surface area contributed by atoms with Gasteiger partial charge in [-0.15, -0.1) is 0 Å². The predicted octanol–water partition coefficient (Wildman–Crippen LogP) is 1.41. The summed E-state index contributed by atoms with van der Waals surface area (Å²) in [4.78, 5) is 19.0. The summed E-state index contributed by atoms with van der Waals surface area (Å²) in [5.74, 6) is 0.329. The van der Waals surface area contributed by atoms with Crippen molar-refractivity contribution in [3.8, 4) is 0 Å². The topological polar surface area (TPSA) is 47.0 Å². The van der Waals surface area contributed by atoms with Gasteiger partial charge in [0, 0.05) is 58.8 Å². The van der Waals surface area contributed by atoms with Crippen LogP contribution in [0, 0.1) is 5.41 Å². The number of aliphatic hydroxyl groups is 1. The SMILES string of the molecule is CC(C)(C)[C@H](O)CN1CCN(CCC(=O)N2CCCCC2)CC1. The van der Waals surface area contributed by atoms with Crippen LogP contribution in [-0.2, 0) is 4.79 Å². The Labute approximate surface area is 141 Å². The number of β-amino-alcohol motifs (C(OH)–C–C–N with tert-alkyl or cyclic N) is 1. The highest BCUT2D eigenvalue weighted by atomic mass is 16.3. The highest BCUT2D eigenvalue weighted by molar-refractivity contribution is 5.76. The van der Waals surface area contributed by atoms with E-state index in [1.165, 1.54) is 19.3 Å². The average molecular weight is 325 g/mol. The van der Waals surface area contributed by atoms with Crippen molar-refractivity contribution in [3.63, 3.8) is 0 Å². The minimum absolute atomic E-state index is 0.0575. The fraction of sp³-hybridized carbons (Fsp3) is 0.944. The Hall–Kier alpha value is -0.650. The monoisotopic (exact) mass is 325 g/mol. The number of rotatable bonds is 5. The third-order valence-electron chi connectivity index (χ3n) is 5.25. The summed E-state index contributed by atoms with van der Waals surface area (Å²) < 4.78 is 0. The normalized spacial score (nSPS) is 23.0. The first-order valence-corrected chi connectivity index (χ1v) is 9.27. The van der Waals surface area contributed by atoms with E-state index in [9.17, 15) is 9.90 Å². The van der Waals surface area contributed by atoms with Gasteiger partial charge in [-0.3, -0.25) is 9.69 Å². The zero-order valence-electron chi connectivity index (χ0n) is 15.3. The van der Waals surface area contributed by atoms with Gasteiger partial charge in [-0.25, -0.2) is 0 Å². The van der Waals surface area contributed by atoms with Gasteiger partial charge in [0.25, 0.3) is 0 Å². The Bertz CT molecular complexity index is 367. The van der Waals surface area contributed by atoms with E-state index < -0.39 is 0 Å². The van der Waals surface area contributed by atoms with Gasteiger partial charge in [0.1, 0.15) is 0 Å². The lowest BCUT2D eigenvalue weighted by Gasteiger charge is -2.38. The van der Waals surface area contributed by atoms with Gasteiger partial charge >= 0.3 is 0 Å². The number of hydrogen-bond acceptors (Lipinski definition) is 4. The summed E-state index contributed by atoms with van der Waals surface area (Å²) in [7, 11) is 0. The Morgan fingerprint density at radius 2 is 1.52 bits per heavy atom. The molecule has 0 spiro atoms. The molecule has 2 aliphatic heterocycles. The van der Waals surface area contributed by atoms with Gasteiger partial charge in [-0.1, -0.05) is 20.8 Å². The summed E-state index contributed by atoms with van der Waals surface area (Å²) >= 11 is 0. The lowest BCUT2D eigenvalue weighted by atomic mass is 9.89. The van der Waals surface area contributed by atoms with Gasteiger partial charge < -0.3 is 14.9 Å². The maximum Gasteiger partial charge on any atom is 0.223 e. The van der Waals surface area contributed by atoms with Gasteiger partial charge in [-0.2, -0.15) is 0 Å². The Morgan fingerprint density at radius 3 is 2.09 bits per heavy atom. The molecule has 0 aliphatic carbocycles. The number of piperazine rings is 1. The molecular formula is C18H35N3O2. The number of nitrogens with zero attached hydrogens (tertiary/aromatic N) is 3. The van der Waals surface area contributed by atoms with Crippen molar-refractivity contribution in [2.45, 2.75) is 52.6 Å². The summed E-state index contributed by atoms with van der Waals surface area (Å²) in [6.45, 7) is 13.8. The van der Waals surface area contributed by atoms with Crippen LogP contribution in [0.5, 0.6) is 0 Å². The maximum atomic E-state index is 12.2. The molecule has 0 aromatic heterocycles. The first-order chi connectivity index (χ1) is 10.9. The van der Waals surface area contributed by atoms with Crippen molar-refractivity contribution in [1.82, 2.24) is 14.7 Å². The molecule has 0 unspecified atom stereocenters. The molecule has 0 bridgehead atoms. The predicted molar refractivity (Wildman–Crippen MR) is 93.4 cm³/mol. The zero-order chi connectivity index (χ0) is 16.9. The third-order valence-corrected chi connectivity index (χ3v) is 5.25. The number of piperidine rings is 1. The molecule has 2 fully saturated rings. The molecule has 1 N–H and O–H groups in total. The van der Waals surface area contributed by atoms with Crippen molar-refractivity contribution < 1.29 is 9.90 Å². The van der Waals surface area contributed by atoms with Gasteiger partial charge in [-0.05, 0) is 24.7 Å². The molecule has 5 heteroatoms. The van der Waals surface area contributed by atoms with E-state index in [1.54, 1.807) is 0 Å². The molecule has 0 radical (unpaired) electrons. The van der Waals surface area contributed by atoms with Gasteiger partial charge in [0.15, 0.2) is 0 Å². The second kappa shape index (κ2) is 8.45. The van der Waals surface area contributed by atoms with Crippen LogP contribution in [0.3, 0.4) is 0 Å². The smallest absolute Gasteiger partial charge is 0.223 e. The highest BCUT2D eigenvalue weighted by Crippen LogP contribution is 2.20. The van der Waals surface area contributed by atoms with E-state index in [2.05, 4.69) is 30.6 Å². The summed E-state index contributed by atoms with van der Waals surface area (Å²) in [5, 5.41) is 10.2. The lowest BCUT2D eigenvalue weighted by Crippen LogP contribution is -2.50. The van der Waals surface area contributed by atoms with Crippen molar-refractivity contribution in [2.24, 2.45) is 5.41 Å². The number of likely N-dealkylation sites (tertiary alicyclic amines) is 1. The van der Waals surface area contributed by atoms with Crippen LogP contribution in [0.2, 0.25) is 0 Å². The van der Waals surface area contributed by atoms with E-state index in [4.69, 9.17) is 0 Å². The van der Waals surface area contributed by atoms with Crippen molar-refractivity contribution in [2.75, 3.05) is 52.4 Å². The first kappa shape index (κ1) is 18.7. The molecule has 23 heavy (non-hydrogen) atoms. The molecule has 1 atom stereocenters. The summed E-state index contributed by atoms with van der Waals surface area (Å²) in [6.07, 6.45) is 3.98. The number of aliphatic hydroxyl groups excluding tert-OH is 1. The van der Waals surface area contributed by atoms with Crippen LogP contribution < -0.4 is 0 Å². The lowest BCUT2D eigenvalue weighted by molar-refractivity contribution is -0.132. The van der Waals surface area contributed by atoms with Gasteiger partial charge in [0.2, 0.25) is 5.91 Å². The number of hydrogen-bond donors (Lipinski definition) is 1. The van der Waals surface area contributed by atoms with E-state index >= 15 is 0 Å². The zero-order valence-corrected chi connectivity index (χ0v) is 15.3. The van der Waals surface area contributed by atoms with Gasteiger partial charge in [0.05, 0.1) is 6.10 Å². The second-order valence-corrected chi connectivity index (χ2v) is 8.22. The molecule has 134 valence electrons. The minimum Gasteiger partial charge on any atom is -0.391 e. The first-order valence-electron chi connectivity index (χ1n) is 9.27. The number of carbonyl (C=O) groups is 1. The standard InChI is InChI=1S/C18H35N3O2/c1-18(2,3)16(22)15-20-13-11-19(12-14-20)10-7-17(23)21-8-5-4-6-9-21/h16,22H,4-15H2,1-3H3/t16-/m1/s1. The van der Waals surface area contributed by atoms with E-state index in [1.807, 2.05) is 4.90 Å². The second-order valence-electron chi connectivity index (χ2n) is 8.22. The fourth-order valence-electron chi connectivity index (χ4n) is 3.27. The van der Waals surface area contributed by atoms with Crippen LogP contribution in [0.15, 0.2) is 0 Å². The summed E-state index contributed by atoms with van der Waals surface area (Å²) in [5.41, 5.74) is -0.0575. The number of carbonyl (C=O) groups excluding carboxylic acids is 1. The van der Waals surface area contributed by atoms with E-state index in [0.717, 1.165) is 52.4 Å². The Morgan fingerprint density at radius 1 is 0.957 bits per heavy atom. The Balaban J connectivity index is 1.63. The van der Waals surface area contributed by atoms with Crippen LogP contribution in [-0.4, -0.2) is 84.2 Å². The fourth-order valence-corrected chi connectivity index (χ4v) is 3.27. The van der Waals surface area contributed by atoms with Crippen LogP contribution >= 0.6 is 0 Å². The van der Waals surface area contributed by atoms with E-state index in [-0.39, 0.29) is 11.5 Å². The summed E-state index contributed by atoms with van der Waals surface area (Å²) in [6, 6.07) is 0. The average Bonchev–Trinajstić information content (AvgIpc) is 2.54. The third kappa shape index (κ3) is 6.05. The molecular weight excluding hydrogens is 290 g/mol. The van der Waals surface area contributed by atoms with Crippen molar-refractivity contribution >= 4 is 5.91 Å². The molecule has 1 amide bonds. The highest BCUT2D eigenvalue weighted by Gasteiger charge is 2.26. The Kier molecular flexibility index (Phi) is 6.86. The largest absolute Gasteiger partial charge is 0.391 e. The van der Waals surface area contributed by atoms with E-state index in [0.29, 0.717) is 12.3 Å². The molecule has 2 saturated heterocycles. The maximum absolute atomic E-state index is 12.2.